The molecule has 194 valence electrons. The van der Waals surface area contributed by atoms with E-state index in [1.54, 1.807) is 4.90 Å². The number of carboxylic acid groups (broad SMARTS) is 1. The molecule has 3 fully saturated rings. The van der Waals surface area contributed by atoms with Crippen LogP contribution in [0.2, 0.25) is 0 Å². The predicted octanol–water partition coefficient (Wildman–Crippen LogP) is 3.62. The number of rotatable bonds is 6. The summed E-state index contributed by atoms with van der Waals surface area (Å²) in [6.45, 7) is 2.88. The average Bonchev–Trinajstić information content (AvgIpc) is 3.45. The van der Waals surface area contributed by atoms with Crippen molar-refractivity contribution in [3.63, 3.8) is 0 Å². The Labute approximate surface area is 209 Å². The van der Waals surface area contributed by atoms with Crippen molar-refractivity contribution < 1.29 is 32.6 Å². The van der Waals surface area contributed by atoms with Crippen molar-refractivity contribution in [2.45, 2.75) is 56.0 Å². The Kier molecular flexibility index (Phi) is 6.41. The number of carbonyl (C=O) groups excluding carboxylic acids is 1. The molecule has 0 bridgehead atoms. The first kappa shape index (κ1) is 24.9. The van der Waals surface area contributed by atoms with Crippen LogP contribution in [0, 0.1) is 0 Å². The quantitative estimate of drug-likeness (QED) is 0.593. The smallest absolute Gasteiger partial charge is 0.417 e. The first-order chi connectivity index (χ1) is 17.1. The number of aromatic nitrogens is 2. The Morgan fingerprint density at radius 1 is 1.19 bits per heavy atom. The summed E-state index contributed by atoms with van der Waals surface area (Å²) in [5.41, 5.74) is -0.849. The molecule has 0 radical (unpaired) electrons. The standard InChI is InChI=1S/C23H26F3N5O4S/c24-23(25,26)15-1-2-16(27-11-15)12-31-14-21(35-22(4-5-22)18(31)32)6-9-30(10-7-21)8-3-17-13-36-19(28-17)29-20(33)34/h1-2,11,13H,3-10,12,14H2,(H,28,29)(H,33,34). The maximum atomic E-state index is 13.1. The lowest BCUT2D eigenvalue weighted by molar-refractivity contribution is -0.201. The number of hydrogen-bond donors (Lipinski definition) is 2. The van der Waals surface area contributed by atoms with E-state index in [4.69, 9.17) is 9.84 Å². The van der Waals surface area contributed by atoms with Gasteiger partial charge in [0.05, 0.1) is 35.6 Å². The molecule has 4 heterocycles. The van der Waals surface area contributed by atoms with E-state index < -0.39 is 29.0 Å². The molecule has 2 saturated heterocycles. The molecule has 0 aromatic carbocycles. The molecule has 36 heavy (non-hydrogen) atoms. The first-order valence-corrected chi connectivity index (χ1v) is 12.6. The Morgan fingerprint density at radius 3 is 2.56 bits per heavy atom. The Bertz CT molecular complexity index is 1130. The number of halogens is 3. The molecule has 2 N–H and O–H groups in total. The molecular weight excluding hydrogens is 499 g/mol. The lowest BCUT2D eigenvalue weighted by atomic mass is 9.87. The number of thiazole rings is 1. The summed E-state index contributed by atoms with van der Waals surface area (Å²) in [6.07, 6.45) is -1.29. The third-order valence-electron chi connectivity index (χ3n) is 6.99. The summed E-state index contributed by atoms with van der Waals surface area (Å²) < 4.78 is 45.0. The fourth-order valence-electron chi connectivity index (χ4n) is 4.92. The van der Waals surface area contributed by atoms with E-state index in [0.717, 1.165) is 50.4 Å². The molecule has 9 nitrogen and oxygen atoms in total. The van der Waals surface area contributed by atoms with Crippen LogP contribution in [-0.4, -0.2) is 74.3 Å². The van der Waals surface area contributed by atoms with Gasteiger partial charge in [-0.2, -0.15) is 13.2 Å². The van der Waals surface area contributed by atoms with Gasteiger partial charge in [0.2, 0.25) is 0 Å². The normalized spacial score (nSPS) is 21.2. The summed E-state index contributed by atoms with van der Waals surface area (Å²) in [5.74, 6) is -0.105. The maximum absolute atomic E-state index is 13.1. The highest BCUT2D eigenvalue weighted by Gasteiger charge is 2.61. The molecule has 0 atom stereocenters. The molecule has 2 aromatic heterocycles. The van der Waals surface area contributed by atoms with Crippen molar-refractivity contribution in [3.8, 4) is 0 Å². The number of morpholine rings is 1. The zero-order valence-electron chi connectivity index (χ0n) is 19.4. The third kappa shape index (κ3) is 5.32. The molecule has 2 aliphatic heterocycles. The van der Waals surface area contributed by atoms with Crippen LogP contribution in [0.1, 0.15) is 42.6 Å². The lowest BCUT2D eigenvalue weighted by Crippen LogP contribution is -2.62. The minimum atomic E-state index is -4.45. The van der Waals surface area contributed by atoms with Crippen LogP contribution in [0.4, 0.5) is 23.1 Å². The van der Waals surface area contributed by atoms with Crippen molar-refractivity contribution in [1.29, 1.82) is 0 Å². The van der Waals surface area contributed by atoms with Gasteiger partial charge < -0.3 is 19.6 Å². The van der Waals surface area contributed by atoms with Gasteiger partial charge in [-0.3, -0.25) is 15.1 Å². The Balaban J connectivity index is 1.19. The largest absolute Gasteiger partial charge is 0.465 e. The van der Waals surface area contributed by atoms with E-state index in [0.29, 0.717) is 36.6 Å². The van der Waals surface area contributed by atoms with E-state index in [9.17, 15) is 22.8 Å². The number of likely N-dealkylation sites (tertiary alicyclic amines) is 1. The highest BCUT2D eigenvalue weighted by Crippen LogP contribution is 2.50. The number of piperidine rings is 1. The fourth-order valence-corrected chi connectivity index (χ4v) is 5.66. The predicted molar refractivity (Wildman–Crippen MR) is 124 cm³/mol. The molecule has 2 spiro atoms. The highest BCUT2D eigenvalue weighted by atomic mass is 32.1. The monoisotopic (exact) mass is 525 g/mol. The second-order valence-corrected chi connectivity index (χ2v) is 10.5. The van der Waals surface area contributed by atoms with E-state index in [-0.39, 0.29) is 12.5 Å². The van der Waals surface area contributed by atoms with Gasteiger partial charge >= 0.3 is 12.3 Å². The Morgan fingerprint density at radius 2 is 1.94 bits per heavy atom. The summed E-state index contributed by atoms with van der Waals surface area (Å²) in [7, 11) is 0. The second-order valence-electron chi connectivity index (χ2n) is 9.64. The minimum absolute atomic E-state index is 0.105. The van der Waals surface area contributed by atoms with Gasteiger partial charge in [-0.25, -0.2) is 9.78 Å². The van der Waals surface area contributed by atoms with E-state index in [1.807, 2.05) is 5.38 Å². The van der Waals surface area contributed by atoms with Crippen LogP contribution >= 0.6 is 11.3 Å². The molecule has 1 saturated carbocycles. The molecule has 2 aromatic rings. The van der Waals surface area contributed by atoms with Gasteiger partial charge in [0.15, 0.2) is 5.13 Å². The maximum Gasteiger partial charge on any atom is 0.417 e. The van der Waals surface area contributed by atoms with Crippen molar-refractivity contribution >= 4 is 28.5 Å². The van der Waals surface area contributed by atoms with Crippen molar-refractivity contribution in [1.82, 2.24) is 19.8 Å². The van der Waals surface area contributed by atoms with E-state index in [2.05, 4.69) is 20.2 Å². The van der Waals surface area contributed by atoms with Crippen LogP contribution in [0.3, 0.4) is 0 Å². The van der Waals surface area contributed by atoms with Gasteiger partial charge in [0, 0.05) is 37.6 Å². The van der Waals surface area contributed by atoms with Gasteiger partial charge in [-0.15, -0.1) is 11.3 Å². The number of nitrogens with one attached hydrogen (secondary N) is 1. The van der Waals surface area contributed by atoms with Crippen LogP contribution < -0.4 is 5.32 Å². The summed E-state index contributed by atoms with van der Waals surface area (Å²) in [6, 6.07) is 2.33. The zero-order chi connectivity index (χ0) is 25.6. The second kappa shape index (κ2) is 9.27. The number of amides is 2. The van der Waals surface area contributed by atoms with Crippen molar-refractivity contribution in [2.75, 3.05) is 31.5 Å². The van der Waals surface area contributed by atoms with Gasteiger partial charge in [0.1, 0.15) is 5.60 Å². The van der Waals surface area contributed by atoms with Crippen LogP contribution in [0.5, 0.6) is 0 Å². The van der Waals surface area contributed by atoms with Gasteiger partial charge in [-0.1, -0.05) is 0 Å². The molecule has 13 heteroatoms. The highest BCUT2D eigenvalue weighted by molar-refractivity contribution is 7.13. The fraction of sp³-hybridized carbons (Fsp3) is 0.565. The molecule has 1 aliphatic carbocycles. The number of ether oxygens (including phenoxy) is 1. The van der Waals surface area contributed by atoms with Crippen molar-refractivity contribution in [2.24, 2.45) is 0 Å². The number of anilines is 1. The summed E-state index contributed by atoms with van der Waals surface area (Å²) in [5, 5.41) is 13.3. The lowest BCUT2D eigenvalue weighted by Gasteiger charge is -2.50. The number of hydrogen-bond acceptors (Lipinski definition) is 7. The molecule has 3 aliphatic rings. The summed E-state index contributed by atoms with van der Waals surface area (Å²) >= 11 is 1.25. The SMILES string of the molecule is O=C(O)Nc1nc(CCN2CCC3(CC2)CN(Cc2ccc(C(F)(F)F)cn2)C(=O)C2(CC2)O3)cs1. The van der Waals surface area contributed by atoms with Gasteiger partial charge in [0.25, 0.3) is 5.91 Å². The van der Waals surface area contributed by atoms with Crippen molar-refractivity contribution in [3.05, 3.63) is 40.7 Å². The number of carbonyl (C=O) groups is 2. The van der Waals surface area contributed by atoms with Gasteiger partial charge in [-0.05, 0) is 37.8 Å². The topological polar surface area (TPSA) is 108 Å². The first-order valence-electron chi connectivity index (χ1n) is 11.7. The van der Waals surface area contributed by atoms with Crippen LogP contribution in [0.25, 0.3) is 0 Å². The number of pyridine rings is 1. The molecule has 2 amide bonds. The third-order valence-corrected chi connectivity index (χ3v) is 7.80. The number of alkyl halides is 3. The van der Waals surface area contributed by atoms with Crippen LogP contribution in [-0.2, 0) is 28.7 Å². The van der Waals surface area contributed by atoms with E-state index in [1.165, 1.54) is 17.4 Å². The molecule has 5 rings (SSSR count). The molecular formula is C23H26F3N5O4S. The zero-order valence-corrected chi connectivity index (χ0v) is 20.2. The number of nitrogens with zero attached hydrogens (tertiary/aromatic N) is 4. The Hall–Kier alpha value is -2.77. The average molecular weight is 526 g/mol. The van der Waals surface area contributed by atoms with Crippen LogP contribution in [0.15, 0.2) is 23.7 Å². The molecule has 0 unspecified atom stereocenters. The minimum Gasteiger partial charge on any atom is -0.465 e. The van der Waals surface area contributed by atoms with E-state index >= 15 is 0 Å². The summed E-state index contributed by atoms with van der Waals surface area (Å²) in [4.78, 5) is 36.1.